The van der Waals surface area contributed by atoms with Gasteiger partial charge >= 0.3 is 0 Å². The van der Waals surface area contributed by atoms with Crippen molar-refractivity contribution in [3.05, 3.63) is 35.6 Å². The number of amides is 2. The first kappa shape index (κ1) is 17.9. The van der Waals surface area contributed by atoms with Crippen molar-refractivity contribution in [1.82, 2.24) is 10.6 Å². The first-order valence-corrected chi connectivity index (χ1v) is 8.30. The molecule has 24 heavy (non-hydrogen) atoms. The maximum absolute atomic E-state index is 12.9. The van der Waals surface area contributed by atoms with E-state index in [0.717, 1.165) is 25.7 Å². The van der Waals surface area contributed by atoms with E-state index >= 15 is 0 Å². The number of halogens is 1. The second-order valence-electron chi connectivity index (χ2n) is 6.10. The van der Waals surface area contributed by atoms with Crippen molar-refractivity contribution >= 4 is 11.8 Å². The molecule has 0 heterocycles. The average Bonchev–Trinajstić information content (AvgIpc) is 2.61. The number of nitrogens with zero attached hydrogens (tertiary/aromatic N) is 1. The highest BCUT2D eigenvalue weighted by Crippen LogP contribution is 2.30. The highest BCUT2D eigenvalue weighted by Gasteiger charge is 2.29. The van der Waals surface area contributed by atoms with E-state index in [9.17, 15) is 14.0 Å². The van der Waals surface area contributed by atoms with Gasteiger partial charge in [-0.3, -0.25) is 9.59 Å². The summed E-state index contributed by atoms with van der Waals surface area (Å²) in [6, 6.07) is 7.18. The quantitative estimate of drug-likeness (QED) is 0.785. The second-order valence-corrected chi connectivity index (χ2v) is 6.10. The third-order valence-electron chi connectivity index (χ3n) is 4.49. The van der Waals surface area contributed by atoms with Crippen LogP contribution < -0.4 is 10.6 Å². The second kappa shape index (κ2) is 9.02. The Labute approximate surface area is 141 Å². The van der Waals surface area contributed by atoms with E-state index in [1.54, 1.807) is 0 Å². The van der Waals surface area contributed by atoms with Gasteiger partial charge in [-0.05, 0) is 43.0 Å². The number of hydrogen-bond acceptors (Lipinski definition) is 3. The Kier molecular flexibility index (Phi) is 6.74. The molecule has 0 aliphatic heterocycles. The fourth-order valence-corrected chi connectivity index (χ4v) is 3.17. The Bertz CT molecular complexity index is 604. The molecule has 1 saturated carbocycles. The molecule has 1 fully saturated rings. The van der Waals surface area contributed by atoms with Gasteiger partial charge in [0.15, 0.2) is 0 Å². The Balaban J connectivity index is 1.98. The average molecular weight is 331 g/mol. The van der Waals surface area contributed by atoms with E-state index in [-0.39, 0.29) is 36.7 Å². The van der Waals surface area contributed by atoms with Gasteiger partial charge in [-0.25, -0.2) is 4.39 Å². The zero-order valence-corrected chi connectivity index (χ0v) is 13.6. The standard InChI is InChI=1S/C18H22FN3O2/c19-15-8-6-14(7-9-15)17(23)22-12-16(18(24)21-11-10-20)13-4-2-1-3-5-13/h6-9,13,16H,1-5,11-12H2,(H,21,24)(H,22,23). The van der Waals surface area contributed by atoms with Crippen LogP contribution in [0.4, 0.5) is 4.39 Å². The van der Waals surface area contributed by atoms with Gasteiger partial charge in [0.25, 0.3) is 5.91 Å². The summed E-state index contributed by atoms with van der Waals surface area (Å²) in [5.41, 5.74) is 0.358. The van der Waals surface area contributed by atoms with Gasteiger partial charge in [-0.1, -0.05) is 19.3 Å². The van der Waals surface area contributed by atoms with Crippen LogP contribution in [0.3, 0.4) is 0 Å². The van der Waals surface area contributed by atoms with Crippen molar-refractivity contribution in [3.63, 3.8) is 0 Å². The number of carbonyl (C=O) groups excluding carboxylic acids is 2. The molecular weight excluding hydrogens is 309 g/mol. The minimum Gasteiger partial charge on any atom is -0.351 e. The Morgan fingerprint density at radius 3 is 2.46 bits per heavy atom. The van der Waals surface area contributed by atoms with Crippen molar-refractivity contribution in [2.24, 2.45) is 11.8 Å². The van der Waals surface area contributed by atoms with Gasteiger partial charge in [0.05, 0.1) is 12.0 Å². The summed E-state index contributed by atoms with van der Waals surface area (Å²) in [6.45, 7) is 0.187. The van der Waals surface area contributed by atoms with E-state index in [4.69, 9.17) is 5.26 Å². The molecule has 0 bridgehead atoms. The Hall–Kier alpha value is -2.42. The molecule has 0 spiro atoms. The topological polar surface area (TPSA) is 82.0 Å². The highest BCUT2D eigenvalue weighted by molar-refractivity contribution is 5.94. The van der Waals surface area contributed by atoms with Crippen LogP contribution in [0.15, 0.2) is 24.3 Å². The molecule has 2 N–H and O–H groups in total. The third kappa shape index (κ3) is 5.05. The van der Waals surface area contributed by atoms with Gasteiger partial charge in [-0.2, -0.15) is 5.26 Å². The molecule has 5 nitrogen and oxygen atoms in total. The Morgan fingerprint density at radius 2 is 1.83 bits per heavy atom. The van der Waals surface area contributed by atoms with Crippen molar-refractivity contribution in [3.8, 4) is 6.07 Å². The van der Waals surface area contributed by atoms with Gasteiger partial charge < -0.3 is 10.6 Å². The number of rotatable bonds is 6. The molecule has 1 atom stereocenters. The smallest absolute Gasteiger partial charge is 0.251 e. The maximum Gasteiger partial charge on any atom is 0.251 e. The van der Waals surface area contributed by atoms with Gasteiger partial charge in [0.1, 0.15) is 12.4 Å². The summed E-state index contributed by atoms with van der Waals surface area (Å²) in [5, 5.41) is 14.0. The molecule has 1 aromatic rings. The normalized spacial score (nSPS) is 16.0. The van der Waals surface area contributed by atoms with Crippen LogP contribution in [0.2, 0.25) is 0 Å². The third-order valence-corrected chi connectivity index (χ3v) is 4.49. The van der Waals surface area contributed by atoms with E-state index in [1.165, 1.54) is 30.7 Å². The van der Waals surface area contributed by atoms with Gasteiger partial charge in [0, 0.05) is 12.1 Å². The number of carbonyl (C=O) groups is 2. The molecule has 6 heteroatoms. The van der Waals surface area contributed by atoms with Crippen LogP contribution in [0.5, 0.6) is 0 Å². The molecule has 1 unspecified atom stereocenters. The highest BCUT2D eigenvalue weighted by atomic mass is 19.1. The number of nitriles is 1. The number of benzene rings is 1. The van der Waals surface area contributed by atoms with Gasteiger partial charge in [-0.15, -0.1) is 0 Å². The van der Waals surface area contributed by atoms with Crippen LogP contribution in [0, 0.1) is 29.0 Å². The SMILES string of the molecule is N#CCNC(=O)C(CNC(=O)c1ccc(F)cc1)C1CCCCC1. The first-order chi connectivity index (χ1) is 11.6. The van der Waals surface area contributed by atoms with E-state index in [1.807, 2.05) is 6.07 Å². The predicted octanol–water partition coefficient (Wildman–Crippen LogP) is 2.39. The summed E-state index contributed by atoms with van der Waals surface area (Å²) in [6.07, 6.45) is 5.25. The van der Waals surface area contributed by atoms with Crippen molar-refractivity contribution in [1.29, 1.82) is 5.26 Å². The van der Waals surface area contributed by atoms with Crippen molar-refractivity contribution < 1.29 is 14.0 Å². The van der Waals surface area contributed by atoms with Gasteiger partial charge in [0.2, 0.25) is 5.91 Å². The molecule has 2 rings (SSSR count). The fourth-order valence-electron chi connectivity index (χ4n) is 3.17. The molecule has 0 radical (unpaired) electrons. The van der Waals surface area contributed by atoms with Crippen molar-refractivity contribution in [2.75, 3.05) is 13.1 Å². The fraction of sp³-hybridized carbons (Fsp3) is 0.500. The summed E-state index contributed by atoms with van der Waals surface area (Å²) in [5.74, 6) is -1.05. The summed E-state index contributed by atoms with van der Waals surface area (Å²) in [7, 11) is 0. The van der Waals surface area contributed by atoms with Crippen LogP contribution >= 0.6 is 0 Å². The van der Waals surface area contributed by atoms with Crippen LogP contribution in [0.25, 0.3) is 0 Å². The maximum atomic E-state index is 12.9. The first-order valence-electron chi connectivity index (χ1n) is 8.30. The summed E-state index contributed by atoms with van der Waals surface area (Å²) >= 11 is 0. The molecule has 128 valence electrons. The molecular formula is C18H22FN3O2. The lowest BCUT2D eigenvalue weighted by molar-refractivity contribution is -0.126. The van der Waals surface area contributed by atoms with E-state index < -0.39 is 5.82 Å². The Morgan fingerprint density at radius 1 is 1.17 bits per heavy atom. The molecule has 0 saturated heterocycles. The molecule has 0 aromatic heterocycles. The summed E-state index contributed by atoms with van der Waals surface area (Å²) < 4.78 is 12.9. The van der Waals surface area contributed by atoms with Crippen LogP contribution in [-0.4, -0.2) is 24.9 Å². The van der Waals surface area contributed by atoms with Crippen LogP contribution in [-0.2, 0) is 4.79 Å². The number of hydrogen-bond donors (Lipinski definition) is 2. The molecule has 1 aromatic carbocycles. The minimum absolute atomic E-state index is 0.0338. The minimum atomic E-state index is -0.400. The lowest BCUT2D eigenvalue weighted by Crippen LogP contribution is -2.43. The zero-order chi connectivity index (χ0) is 17.4. The predicted molar refractivity (Wildman–Crippen MR) is 87.4 cm³/mol. The number of nitrogens with one attached hydrogen (secondary N) is 2. The molecule has 1 aliphatic rings. The zero-order valence-electron chi connectivity index (χ0n) is 13.6. The molecule has 2 amide bonds. The van der Waals surface area contributed by atoms with E-state index in [2.05, 4.69) is 10.6 Å². The summed E-state index contributed by atoms with van der Waals surface area (Å²) in [4.78, 5) is 24.5. The van der Waals surface area contributed by atoms with Crippen LogP contribution in [0.1, 0.15) is 42.5 Å². The van der Waals surface area contributed by atoms with E-state index in [0.29, 0.717) is 5.56 Å². The lowest BCUT2D eigenvalue weighted by Gasteiger charge is -2.29. The monoisotopic (exact) mass is 331 g/mol. The largest absolute Gasteiger partial charge is 0.351 e. The lowest BCUT2D eigenvalue weighted by atomic mass is 9.79. The van der Waals surface area contributed by atoms with Crippen molar-refractivity contribution in [2.45, 2.75) is 32.1 Å². The molecule has 1 aliphatic carbocycles.